The number of fused-ring (bicyclic) bond motifs is 1. The first kappa shape index (κ1) is 17.5. The maximum atomic E-state index is 12.6. The molecule has 0 fully saturated rings. The Hall–Kier alpha value is -3.34. The molecule has 0 aliphatic heterocycles. The molecular weight excluding hydrogens is 330 g/mol. The van der Waals surface area contributed by atoms with Crippen LogP contribution >= 0.6 is 0 Å². The van der Waals surface area contributed by atoms with E-state index in [0.717, 1.165) is 16.5 Å². The van der Waals surface area contributed by atoms with E-state index in [2.05, 4.69) is 4.98 Å². The van der Waals surface area contributed by atoms with E-state index in [1.807, 2.05) is 42.5 Å². The van der Waals surface area contributed by atoms with Crippen LogP contribution in [0.2, 0.25) is 0 Å². The van der Waals surface area contributed by atoms with Crippen LogP contribution < -0.4 is 4.74 Å². The number of Topliss-reactive ketones (excluding diaryl/α,β-unsaturated/α-hetero) is 1. The van der Waals surface area contributed by atoms with Crippen molar-refractivity contribution in [2.45, 2.75) is 13.0 Å². The average molecular weight is 349 g/mol. The van der Waals surface area contributed by atoms with Gasteiger partial charge in [0.05, 0.1) is 7.11 Å². The summed E-state index contributed by atoms with van der Waals surface area (Å²) in [7, 11) is 1.56. The number of esters is 1. The fraction of sp³-hybridized carbons (Fsp3) is 0.143. The third-order valence-corrected chi connectivity index (χ3v) is 4.05. The molecule has 0 amide bonds. The lowest BCUT2D eigenvalue weighted by Crippen LogP contribution is -2.23. The first-order valence-electron chi connectivity index (χ1n) is 8.22. The normalized spacial score (nSPS) is 12.2. The van der Waals surface area contributed by atoms with Crippen LogP contribution in [0, 0.1) is 0 Å². The molecule has 2 aromatic carbocycles. The highest BCUT2D eigenvalue weighted by Crippen LogP contribution is 2.21. The van der Waals surface area contributed by atoms with Gasteiger partial charge in [-0.15, -0.1) is 0 Å². The number of ketones is 1. The molecule has 5 heteroatoms. The van der Waals surface area contributed by atoms with Crippen molar-refractivity contribution in [3.8, 4) is 5.75 Å². The fourth-order valence-corrected chi connectivity index (χ4v) is 2.72. The van der Waals surface area contributed by atoms with Crippen LogP contribution in [-0.4, -0.2) is 30.0 Å². The Bertz CT molecular complexity index is 971. The van der Waals surface area contributed by atoms with Gasteiger partial charge in [-0.2, -0.15) is 0 Å². The molecule has 1 N–H and O–H groups in total. The second kappa shape index (κ2) is 7.70. The number of hydrogen-bond donors (Lipinski definition) is 1. The number of benzene rings is 2. The number of carbonyl (C=O) groups is 2. The molecule has 0 bridgehead atoms. The van der Waals surface area contributed by atoms with Crippen molar-refractivity contribution in [3.63, 3.8) is 0 Å². The molecule has 0 saturated heterocycles. The van der Waals surface area contributed by atoms with Crippen molar-refractivity contribution in [1.29, 1.82) is 0 Å². The van der Waals surface area contributed by atoms with Gasteiger partial charge in [-0.1, -0.05) is 36.4 Å². The molecule has 5 nitrogen and oxygen atoms in total. The van der Waals surface area contributed by atoms with Gasteiger partial charge in [0.25, 0.3) is 0 Å². The zero-order chi connectivity index (χ0) is 18.5. The van der Waals surface area contributed by atoms with Gasteiger partial charge in [-0.3, -0.25) is 4.79 Å². The molecule has 0 spiro atoms. The summed E-state index contributed by atoms with van der Waals surface area (Å²) in [5.74, 6) is -0.183. The van der Waals surface area contributed by atoms with Gasteiger partial charge in [0.2, 0.25) is 5.78 Å². The predicted octanol–water partition coefficient (Wildman–Crippen LogP) is 4.00. The van der Waals surface area contributed by atoms with Crippen LogP contribution in [0.1, 0.15) is 22.8 Å². The Kier molecular flexibility index (Phi) is 5.17. The molecule has 0 aliphatic carbocycles. The van der Waals surface area contributed by atoms with Crippen molar-refractivity contribution in [2.75, 3.05) is 7.11 Å². The molecule has 1 atom stereocenters. The highest BCUT2D eigenvalue weighted by molar-refractivity contribution is 6.10. The Morgan fingerprint density at radius 1 is 1.08 bits per heavy atom. The van der Waals surface area contributed by atoms with Gasteiger partial charge in [0.1, 0.15) is 5.75 Å². The summed E-state index contributed by atoms with van der Waals surface area (Å²) in [6, 6.07) is 14.8. The zero-order valence-corrected chi connectivity index (χ0v) is 14.6. The second-order valence-corrected chi connectivity index (χ2v) is 5.77. The molecule has 0 radical (unpaired) electrons. The smallest absolute Gasteiger partial charge is 0.331 e. The van der Waals surface area contributed by atoms with E-state index in [4.69, 9.17) is 9.47 Å². The van der Waals surface area contributed by atoms with Gasteiger partial charge in [0, 0.05) is 34.3 Å². The Morgan fingerprint density at radius 3 is 2.62 bits per heavy atom. The van der Waals surface area contributed by atoms with E-state index in [1.54, 1.807) is 32.4 Å². The molecule has 1 heterocycles. The summed E-state index contributed by atoms with van der Waals surface area (Å²) in [4.78, 5) is 27.7. The molecule has 3 rings (SSSR count). The summed E-state index contributed by atoms with van der Waals surface area (Å²) in [6.45, 7) is 1.57. The summed E-state index contributed by atoms with van der Waals surface area (Å²) in [5.41, 5.74) is 2.13. The lowest BCUT2D eigenvalue weighted by Gasteiger charge is -2.10. The second-order valence-electron chi connectivity index (χ2n) is 5.77. The molecule has 132 valence electrons. The summed E-state index contributed by atoms with van der Waals surface area (Å²) in [5, 5.41) is 0.810. The lowest BCUT2D eigenvalue weighted by molar-refractivity contribution is -0.140. The fourth-order valence-electron chi connectivity index (χ4n) is 2.72. The van der Waals surface area contributed by atoms with Crippen molar-refractivity contribution in [3.05, 3.63) is 71.9 Å². The van der Waals surface area contributed by atoms with Crippen molar-refractivity contribution >= 4 is 28.7 Å². The van der Waals surface area contributed by atoms with E-state index in [1.165, 1.54) is 6.08 Å². The minimum Gasteiger partial charge on any atom is -0.496 e. The summed E-state index contributed by atoms with van der Waals surface area (Å²) in [6.07, 6.45) is 3.65. The maximum absolute atomic E-state index is 12.6. The highest BCUT2D eigenvalue weighted by Gasteiger charge is 2.21. The molecule has 1 aromatic heterocycles. The number of para-hydroxylation sites is 2. The number of hydrogen-bond acceptors (Lipinski definition) is 4. The van der Waals surface area contributed by atoms with Gasteiger partial charge in [0.15, 0.2) is 6.10 Å². The standard InChI is InChI=1S/C21H19NO4/c1-14(21(24)17-13-22-18-9-5-4-8-16(17)18)26-20(23)12-11-15-7-3-6-10-19(15)25-2/h3-14,22H,1-2H3/b12-11+/t14-/m1/s1. The highest BCUT2D eigenvalue weighted by atomic mass is 16.5. The third kappa shape index (κ3) is 3.67. The minimum absolute atomic E-state index is 0.249. The number of rotatable bonds is 6. The van der Waals surface area contributed by atoms with Crippen LogP contribution in [0.25, 0.3) is 17.0 Å². The summed E-state index contributed by atoms with van der Waals surface area (Å²) < 4.78 is 10.5. The van der Waals surface area contributed by atoms with E-state index < -0.39 is 12.1 Å². The van der Waals surface area contributed by atoms with Gasteiger partial charge in [-0.25, -0.2) is 4.79 Å². The molecule has 3 aromatic rings. The summed E-state index contributed by atoms with van der Waals surface area (Å²) >= 11 is 0. The third-order valence-electron chi connectivity index (χ3n) is 4.05. The number of aromatic amines is 1. The quantitative estimate of drug-likeness (QED) is 0.415. The number of H-pyrrole nitrogens is 1. The Labute approximate surface area is 151 Å². The number of ether oxygens (including phenoxy) is 2. The number of aromatic nitrogens is 1. The van der Waals surface area contributed by atoms with Crippen LogP contribution in [0.15, 0.2) is 60.8 Å². The van der Waals surface area contributed by atoms with Gasteiger partial charge < -0.3 is 14.5 Å². The van der Waals surface area contributed by atoms with Crippen LogP contribution in [0.4, 0.5) is 0 Å². The van der Waals surface area contributed by atoms with Crippen LogP contribution in [-0.2, 0) is 9.53 Å². The predicted molar refractivity (Wildman–Crippen MR) is 100 cm³/mol. The van der Waals surface area contributed by atoms with E-state index in [9.17, 15) is 9.59 Å². The molecular formula is C21H19NO4. The van der Waals surface area contributed by atoms with Gasteiger partial charge in [-0.05, 0) is 25.1 Å². The monoisotopic (exact) mass is 349 g/mol. The Morgan fingerprint density at radius 2 is 1.81 bits per heavy atom. The maximum Gasteiger partial charge on any atom is 0.331 e. The first-order valence-corrected chi connectivity index (χ1v) is 8.22. The topological polar surface area (TPSA) is 68.4 Å². The largest absolute Gasteiger partial charge is 0.496 e. The molecule has 0 aliphatic rings. The van der Waals surface area contributed by atoms with E-state index in [-0.39, 0.29) is 5.78 Å². The molecule has 0 unspecified atom stereocenters. The van der Waals surface area contributed by atoms with Gasteiger partial charge >= 0.3 is 5.97 Å². The SMILES string of the molecule is COc1ccccc1/C=C/C(=O)O[C@H](C)C(=O)c1c[nH]c2ccccc12. The Balaban J connectivity index is 1.69. The minimum atomic E-state index is -0.885. The average Bonchev–Trinajstić information content (AvgIpc) is 3.10. The lowest BCUT2D eigenvalue weighted by atomic mass is 10.1. The van der Waals surface area contributed by atoms with Crippen molar-refractivity contribution in [1.82, 2.24) is 4.98 Å². The zero-order valence-electron chi connectivity index (χ0n) is 14.6. The number of nitrogens with one attached hydrogen (secondary N) is 1. The first-order chi connectivity index (χ1) is 12.6. The molecule has 0 saturated carbocycles. The number of carbonyl (C=O) groups excluding carboxylic acids is 2. The van der Waals surface area contributed by atoms with Crippen molar-refractivity contribution in [2.24, 2.45) is 0 Å². The van der Waals surface area contributed by atoms with Crippen LogP contribution in [0.3, 0.4) is 0 Å². The number of methoxy groups -OCH3 is 1. The molecule has 26 heavy (non-hydrogen) atoms. The van der Waals surface area contributed by atoms with E-state index >= 15 is 0 Å². The van der Waals surface area contributed by atoms with Crippen molar-refractivity contribution < 1.29 is 19.1 Å². The van der Waals surface area contributed by atoms with E-state index in [0.29, 0.717) is 11.3 Å². The van der Waals surface area contributed by atoms with Crippen LogP contribution in [0.5, 0.6) is 5.75 Å².